The van der Waals surface area contributed by atoms with Crippen molar-refractivity contribution in [2.75, 3.05) is 25.6 Å². The third kappa shape index (κ3) is 7.47. The van der Waals surface area contributed by atoms with Gasteiger partial charge in [-0.25, -0.2) is 4.79 Å². The Labute approximate surface area is 246 Å². The maximum atomic E-state index is 13.0. The van der Waals surface area contributed by atoms with Crippen LogP contribution in [0.25, 0.3) is 6.08 Å². The summed E-state index contributed by atoms with van der Waals surface area (Å²) in [5, 5.41) is 2.16. The Morgan fingerprint density at radius 3 is 2.49 bits per heavy atom. The van der Waals surface area contributed by atoms with E-state index in [2.05, 4.69) is 5.32 Å². The highest BCUT2D eigenvalue weighted by atomic mass is 35.5. The molecule has 212 valence electrons. The maximum Gasteiger partial charge on any atom is 0.339 e. The summed E-state index contributed by atoms with van der Waals surface area (Å²) in [4.78, 5) is 51.3. The van der Waals surface area contributed by atoms with Crippen molar-refractivity contribution < 1.29 is 33.4 Å². The second-order valence-electron chi connectivity index (χ2n) is 8.92. The van der Waals surface area contributed by atoms with E-state index in [0.717, 1.165) is 27.8 Å². The lowest BCUT2D eigenvalue weighted by Gasteiger charge is -2.13. The van der Waals surface area contributed by atoms with Crippen LogP contribution in [-0.4, -0.2) is 48.2 Å². The minimum atomic E-state index is -0.632. The van der Waals surface area contributed by atoms with E-state index in [1.54, 1.807) is 31.2 Å². The molecule has 41 heavy (non-hydrogen) atoms. The number of ether oxygens (including phenoxy) is 3. The number of nitrogens with one attached hydrogen (secondary N) is 1. The zero-order valence-corrected chi connectivity index (χ0v) is 24.1. The number of rotatable bonds is 10. The standard InChI is InChI=1S/C30H27ClN2O7S/c1-4-39-29(36)22-15-21(10-11-23(22)31)32-27(34)16-33-28(35)26(41-30(33)37)14-20-9-12-24(25(13-20)38-3)40-17-19-7-5-18(2)6-8-19/h5-15H,4,16-17H2,1-3H3,(H,32,34)/b26-14+. The third-order valence-electron chi connectivity index (χ3n) is 5.92. The van der Waals surface area contributed by atoms with E-state index in [4.69, 9.17) is 25.8 Å². The quantitative estimate of drug-likeness (QED) is 0.222. The van der Waals surface area contributed by atoms with Gasteiger partial charge in [0, 0.05) is 5.69 Å². The monoisotopic (exact) mass is 594 g/mol. The average molecular weight is 595 g/mol. The molecule has 1 saturated heterocycles. The predicted octanol–water partition coefficient (Wildman–Crippen LogP) is 6.09. The van der Waals surface area contributed by atoms with Gasteiger partial charge in [0.25, 0.3) is 11.1 Å². The van der Waals surface area contributed by atoms with E-state index in [1.165, 1.54) is 25.3 Å². The number of aryl methyl sites for hydroxylation is 1. The minimum absolute atomic E-state index is 0.0856. The first-order chi connectivity index (χ1) is 19.7. The lowest BCUT2D eigenvalue weighted by Crippen LogP contribution is -2.36. The van der Waals surface area contributed by atoms with E-state index < -0.39 is 29.6 Å². The van der Waals surface area contributed by atoms with Crippen LogP contribution >= 0.6 is 23.4 Å². The van der Waals surface area contributed by atoms with Crippen LogP contribution in [0.3, 0.4) is 0 Å². The molecule has 0 aliphatic carbocycles. The van der Waals surface area contributed by atoms with E-state index in [-0.39, 0.29) is 27.8 Å². The number of hydrogen-bond donors (Lipinski definition) is 1. The molecule has 0 bridgehead atoms. The van der Waals surface area contributed by atoms with Gasteiger partial charge < -0.3 is 19.5 Å². The summed E-state index contributed by atoms with van der Waals surface area (Å²) in [6.07, 6.45) is 1.56. The first kappa shape index (κ1) is 29.7. The lowest BCUT2D eigenvalue weighted by molar-refractivity contribution is -0.127. The number of amides is 3. The third-order valence-corrected chi connectivity index (χ3v) is 7.16. The molecule has 0 atom stereocenters. The molecule has 0 spiro atoms. The minimum Gasteiger partial charge on any atom is -0.493 e. The van der Waals surface area contributed by atoms with Gasteiger partial charge in [-0.15, -0.1) is 0 Å². The fourth-order valence-corrected chi connectivity index (χ4v) is 4.87. The first-order valence-corrected chi connectivity index (χ1v) is 13.8. The zero-order chi connectivity index (χ0) is 29.5. The van der Waals surface area contributed by atoms with Crippen molar-refractivity contribution in [1.29, 1.82) is 0 Å². The first-order valence-electron chi connectivity index (χ1n) is 12.6. The Morgan fingerprint density at radius 2 is 1.78 bits per heavy atom. The fourth-order valence-electron chi connectivity index (χ4n) is 3.84. The molecule has 0 radical (unpaired) electrons. The van der Waals surface area contributed by atoms with Crippen molar-refractivity contribution in [1.82, 2.24) is 4.90 Å². The Morgan fingerprint density at radius 1 is 1.02 bits per heavy atom. The molecule has 9 nitrogen and oxygen atoms in total. The molecule has 0 saturated carbocycles. The number of thioether (sulfide) groups is 1. The van der Waals surface area contributed by atoms with Gasteiger partial charge in [-0.2, -0.15) is 0 Å². The van der Waals surface area contributed by atoms with Crippen LogP contribution in [0.5, 0.6) is 11.5 Å². The summed E-state index contributed by atoms with van der Waals surface area (Å²) < 4.78 is 16.3. The number of hydrogen-bond acceptors (Lipinski definition) is 8. The van der Waals surface area contributed by atoms with Gasteiger partial charge in [0.1, 0.15) is 13.2 Å². The predicted molar refractivity (Wildman–Crippen MR) is 157 cm³/mol. The molecule has 1 aliphatic rings. The SMILES string of the molecule is CCOC(=O)c1cc(NC(=O)CN2C(=O)S/C(=C/c3ccc(OCc4ccc(C)cc4)c(OC)c3)C2=O)ccc1Cl. The van der Waals surface area contributed by atoms with Crippen LogP contribution in [0, 0.1) is 6.92 Å². The average Bonchev–Trinajstić information content (AvgIpc) is 3.21. The van der Waals surface area contributed by atoms with Crippen molar-refractivity contribution >= 4 is 58.1 Å². The normalized spacial score (nSPS) is 13.9. The van der Waals surface area contributed by atoms with Crippen LogP contribution in [-0.2, 0) is 20.9 Å². The topological polar surface area (TPSA) is 111 Å². The molecule has 1 N–H and O–H groups in total. The number of anilines is 1. The molecule has 3 amide bonds. The van der Waals surface area contributed by atoms with E-state index in [9.17, 15) is 19.2 Å². The Hall–Kier alpha value is -4.28. The molecular formula is C30H27ClN2O7S. The highest BCUT2D eigenvalue weighted by molar-refractivity contribution is 8.18. The van der Waals surface area contributed by atoms with E-state index in [0.29, 0.717) is 23.7 Å². The van der Waals surface area contributed by atoms with Gasteiger partial charge in [0.15, 0.2) is 11.5 Å². The van der Waals surface area contributed by atoms with Gasteiger partial charge in [-0.05, 0) is 73.1 Å². The van der Waals surface area contributed by atoms with Crippen LogP contribution in [0.2, 0.25) is 5.02 Å². The van der Waals surface area contributed by atoms with Gasteiger partial charge in [-0.1, -0.05) is 47.5 Å². The molecule has 1 heterocycles. The molecule has 1 fully saturated rings. The largest absolute Gasteiger partial charge is 0.493 e. The molecule has 0 unspecified atom stereocenters. The molecule has 3 aromatic rings. The summed E-state index contributed by atoms with van der Waals surface area (Å²) >= 11 is 6.79. The lowest BCUT2D eigenvalue weighted by atomic mass is 10.1. The Bertz CT molecular complexity index is 1520. The number of esters is 1. The number of carbonyl (C=O) groups excluding carboxylic acids is 4. The summed E-state index contributed by atoms with van der Waals surface area (Å²) in [6.45, 7) is 3.69. The fraction of sp³-hybridized carbons (Fsp3) is 0.200. The van der Waals surface area contributed by atoms with Gasteiger partial charge in [0.2, 0.25) is 5.91 Å². The Kier molecular flexibility index (Phi) is 9.69. The molecule has 0 aromatic heterocycles. The van der Waals surface area contributed by atoms with Crippen LogP contribution < -0.4 is 14.8 Å². The zero-order valence-electron chi connectivity index (χ0n) is 22.6. The summed E-state index contributed by atoms with van der Waals surface area (Å²) in [5.41, 5.74) is 3.14. The second-order valence-corrected chi connectivity index (χ2v) is 10.3. The van der Waals surface area contributed by atoms with Gasteiger partial charge in [-0.3, -0.25) is 19.3 Å². The molecule has 11 heteroatoms. The van der Waals surface area contributed by atoms with Crippen molar-refractivity contribution in [2.24, 2.45) is 0 Å². The smallest absolute Gasteiger partial charge is 0.339 e. The van der Waals surface area contributed by atoms with Crippen molar-refractivity contribution in [3.8, 4) is 11.5 Å². The van der Waals surface area contributed by atoms with Crippen molar-refractivity contribution in [3.63, 3.8) is 0 Å². The number of carbonyl (C=O) groups is 4. The van der Waals surface area contributed by atoms with Crippen molar-refractivity contribution in [2.45, 2.75) is 20.5 Å². The number of imide groups is 1. The van der Waals surface area contributed by atoms with Gasteiger partial charge >= 0.3 is 5.97 Å². The van der Waals surface area contributed by atoms with Crippen molar-refractivity contribution in [3.05, 3.63) is 92.8 Å². The second kappa shape index (κ2) is 13.4. The summed E-state index contributed by atoms with van der Waals surface area (Å²) in [7, 11) is 1.51. The highest BCUT2D eigenvalue weighted by Gasteiger charge is 2.36. The Balaban J connectivity index is 1.41. The number of benzene rings is 3. The summed E-state index contributed by atoms with van der Waals surface area (Å²) in [6, 6.07) is 17.5. The van der Waals surface area contributed by atoms with Crippen LogP contribution in [0.4, 0.5) is 10.5 Å². The maximum absolute atomic E-state index is 13.0. The molecule has 3 aromatic carbocycles. The number of methoxy groups -OCH3 is 1. The molecule has 4 rings (SSSR count). The summed E-state index contributed by atoms with van der Waals surface area (Å²) in [5.74, 6) is -0.857. The highest BCUT2D eigenvalue weighted by Crippen LogP contribution is 2.35. The van der Waals surface area contributed by atoms with Crippen LogP contribution in [0.1, 0.15) is 34.0 Å². The van der Waals surface area contributed by atoms with E-state index >= 15 is 0 Å². The van der Waals surface area contributed by atoms with Gasteiger partial charge in [0.05, 0.1) is 29.2 Å². The number of halogens is 1. The van der Waals surface area contributed by atoms with Crippen LogP contribution in [0.15, 0.2) is 65.6 Å². The number of nitrogens with zero attached hydrogens (tertiary/aromatic N) is 1. The molecular weight excluding hydrogens is 568 g/mol. The molecule has 1 aliphatic heterocycles. The van der Waals surface area contributed by atoms with E-state index in [1.807, 2.05) is 31.2 Å².